The Morgan fingerprint density at radius 1 is 1.05 bits per heavy atom. The molecule has 4 aromatic heterocycles. The van der Waals surface area contributed by atoms with E-state index in [2.05, 4.69) is 22.0 Å². The van der Waals surface area contributed by atoms with Crippen LogP contribution in [-0.2, 0) is 9.53 Å². The number of aromatic nitrogens is 5. The Morgan fingerprint density at radius 2 is 1.84 bits per heavy atom. The Labute approximate surface area is 230 Å². The van der Waals surface area contributed by atoms with Crippen molar-refractivity contribution in [2.24, 2.45) is 5.92 Å². The first-order valence-corrected chi connectivity index (χ1v) is 13.5. The number of halogens is 2. The molecule has 1 aliphatic rings. The molecule has 6 rings (SSSR count). The van der Waals surface area contributed by atoms with Gasteiger partial charge >= 0.3 is 0 Å². The molecule has 7 nitrogen and oxygen atoms in total. The number of nitrogens with zero attached hydrogens (tertiary/aromatic N) is 5. The molecule has 9 heteroatoms. The second kappa shape index (κ2) is 10.5. The van der Waals surface area contributed by atoms with Gasteiger partial charge in [-0.25, -0.2) is 4.98 Å². The molecule has 0 amide bonds. The molecule has 194 valence electrons. The molecule has 1 saturated carbocycles. The number of ketones is 1. The van der Waals surface area contributed by atoms with E-state index in [1.54, 1.807) is 7.11 Å². The van der Waals surface area contributed by atoms with Crippen molar-refractivity contribution < 1.29 is 9.53 Å². The summed E-state index contributed by atoms with van der Waals surface area (Å²) in [4.78, 5) is 21.5. The lowest BCUT2D eigenvalue weighted by molar-refractivity contribution is -0.123. The van der Waals surface area contributed by atoms with Gasteiger partial charge in [0.15, 0.2) is 5.78 Å². The van der Waals surface area contributed by atoms with Crippen molar-refractivity contribution in [3.05, 3.63) is 71.4 Å². The van der Waals surface area contributed by atoms with Gasteiger partial charge in [0.1, 0.15) is 12.3 Å². The molecule has 0 N–H and O–H groups in total. The van der Waals surface area contributed by atoms with E-state index < -0.39 is 0 Å². The Balaban J connectivity index is 1.26. The average molecular weight is 548 g/mol. The molecule has 0 aliphatic heterocycles. The molecule has 5 aromatic rings. The summed E-state index contributed by atoms with van der Waals surface area (Å²) in [6, 6.07) is 9.89. The predicted molar refractivity (Wildman–Crippen MR) is 150 cm³/mol. The largest absolute Gasteiger partial charge is 0.377 e. The Morgan fingerprint density at radius 3 is 2.61 bits per heavy atom. The third-order valence-corrected chi connectivity index (χ3v) is 8.08. The Bertz CT molecular complexity index is 1610. The van der Waals surface area contributed by atoms with Crippen LogP contribution in [0.3, 0.4) is 0 Å². The van der Waals surface area contributed by atoms with Crippen molar-refractivity contribution >= 4 is 45.5 Å². The number of imidazole rings is 1. The van der Waals surface area contributed by atoms with Gasteiger partial charge in [-0.1, -0.05) is 29.3 Å². The second-order valence-electron chi connectivity index (χ2n) is 9.99. The quantitative estimate of drug-likeness (QED) is 0.218. The third kappa shape index (κ3) is 4.82. The summed E-state index contributed by atoms with van der Waals surface area (Å²) in [6.45, 7) is 0.211. The smallest absolute Gasteiger partial charge is 0.158 e. The summed E-state index contributed by atoms with van der Waals surface area (Å²) in [6.07, 6.45) is 14.5. The maximum atomic E-state index is 11.9. The van der Waals surface area contributed by atoms with Crippen LogP contribution in [0, 0.1) is 5.92 Å². The van der Waals surface area contributed by atoms with Crippen LogP contribution in [-0.4, -0.2) is 43.6 Å². The van der Waals surface area contributed by atoms with Crippen molar-refractivity contribution in [3.63, 3.8) is 0 Å². The summed E-state index contributed by atoms with van der Waals surface area (Å²) < 4.78 is 9.02. The van der Waals surface area contributed by atoms with Gasteiger partial charge in [0.25, 0.3) is 0 Å². The Hall–Kier alpha value is -3.26. The number of methoxy groups -OCH3 is 1. The van der Waals surface area contributed by atoms with E-state index in [0.717, 1.165) is 58.9 Å². The van der Waals surface area contributed by atoms with E-state index in [4.69, 9.17) is 37.9 Å². The van der Waals surface area contributed by atoms with E-state index in [1.165, 1.54) is 0 Å². The van der Waals surface area contributed by atoms with Gasteiger partial charge in [-0.05, 0) is 55.9 Å². The van der Waals surface area contributed by atoms with Crippen molar-refractivity contribution in [2.45, 2.75) is 38.1 Å². The topological polar surface area (TPSA) is 74.3 Å². The van der Waals surface area contributed by atoms with Crippen LogP contribution in [0.4, 0.5) is 0 Å². The number of rotatable bonds is 7. The summed E-state index contributed by atoms with van der Waals surface area (Å²) in [5.41, 5.74) is 5.08. The molecule has 4 heterocycles. The van der Waals surface area contributed by atoms with Crippen molar-refractivity contribution in [1.82, 2.24) is 24.1 Å². The first-order chi connectivity index (χ1) is 18.5. The number of carbonyl (C=O) groups is 1. The van der Waals surface area contributed by atoms with E-state index in [-0.39, 0.29) is 12.4 Å². The van der Waals surface area contributed by atoms with Gasteiger partial charge < -0.3 is 9.14 Å². The average Bonchev–Trinajstić information content (AvgIpc) is 3.57. The normalized spacial score (nSPS) is 17.9. The van der Waals surface area contributed by atoms with Gasteiger partial charge in [0.2, 0.25) is 0 Å². The summed E-state index contributed by atoms with van der Waals surface area (Å²) >= 11 is 12.9. The van der Waals surface area contributed by atoms with Crippen LogP contribution in [0.1, 0.15) is 38.1 Å². The zero-order valence-corrected chi connectivity index (χ0v) is 22.5. The fraction of sp³-hybridized carbons (Fsp3) is 0.310. The fourth-order valence-electron chi connectivity index (χ4n) is 5.51. The molecule has 0 atom stereocenters. The minimum atomic E-state index is 0.190. The number of hydrogen-bond acceptors (Lipinski definition) is 5. The lowest BCUT2D eigenvalue weighted by atomic mass is 9.83. The molecule has 38 heavy (non-hydrogen) atoms. The standard InChI is InChI=1S/C29H27Cl2N5O2/c1-38-17-22(37)11-18-5-7-21(8-6-18)36-15-20(14-33-36)19-12-23-26(32-13-19)9-10-35-16-27(34-29(23)35)28-24(30)3-2-4-25(28)31/h2-4,9-10,12-16,18,21H,5-8,11,17H2,1H3. The molecule has 0 bridgehead atoms. The third-order valence-electron chi connectivity index (χ3n) is 7.45. The number of carbonyl (C=O) groups excluding carboxylic acids is 1. The first kappa shape index (κ1) is 25.0. The van der Waals surface area contributed by atoms with E-state index in [1.807, 2.05) is 53.5 Å². The van der Waals surface area contributed by atoms with Gasteiger partial charge in [-0.3, -0.25) is 14.5 Å². The monoisotopic (exact) mass is 547 g/mol. The fourth-order valence-corrected chi connectivity index (χ4v) is 6.10. The molecular formula is C29H27Cl2N5O2. The van der Waals surface area contributed by atoms with Gasteiger partial charge in [-0.2, -0.15) is 5.10 Å². The van der Waals surface area contributed by atoms with Crippen LogP contribution in [0.25, 0.3) is 38.9 Å². The van der Waals surface area contributed by atoms with Crippen molar-refractivity contribution in [2.75, 3.05) is 13.7 Å². The highest BCUT2D eigenvalue weighted by Crippen LogP contribution is 2.36. The van der Waals surface area contributed by atoms with Crippen molar-refractivity contribution in [1.29, 1.82) is 0 Å². The first-order valence-electron chi connectivity index (χ1n) is 12.8. The number of ether oxygens (including phenoxy) is 1. The number of hydrogen-bond donors (Lipinski definition) is 0. The highest BCUT2D eigenvalue weighted by molar-refractivity contribution is 6.39. The lowest BCUT2D eigenvalue weighted by Gasteiger charge is -2.28. The van der Waals surface area contributed by atoms with Crippen molar-refractivity contribution in [3.8, 4) is 22.4 Å². The molecule has 0 spiro atoms. The maximum absolute atomic E-state index is 11.9. The van der Waals surface area contributed by atoms with E-state index in [9.17, 15) is 4.79 Å². The van der Waals surface area contributed by atoms with E-state index in [0.29, 0.717) is 34.1 Å². The summed E-state index contributed by atoms with van der Waals surface area (Å²) in [5.74, 6) is 0.630. The highest BCUT2D eigenvalue weighted by atomic mass is 35.5. The van der Waals surface area contributed by atoms with Gasteiger partial charge in [-0.15, -0.1) is 0 Å². The summed E-state index contributed by atoms with van der Waals surface area (Å²) in [5, 5.41) is 6.75. The van der Waals surface area contributed by atoms with Crippen LogP contribution >= 0.6 is 23.2 Å². The summed E-state index contributed by atoms with van der Waals surface area (Å²) in [7, 11) is 1.57. The molecular weight excluding hydrogens is 521 g/mol. The SMILES string of the molecule is COCC(=O)CC1CCC(n2cc(-c3cnc4ccn5cc(-c6c(Cl)cccc6Cl)nc5c4c3)cn2)CC1. The molecule has 0 unspecified atom stereocenters. The number of fused-ring (bicyclic) bond motifs is 3. The lowest BCUT2D eigenvalue weighted by Crippen LogP contribution is -2.21. The highest BCUT2D eigenvalue weighted by Gasteiger charge is 2.25. The van der Waals surface area contributed by atoms with Gasteiger partial charge in [0.05, 0.1) is 33.5 Å². The minimum Gasteiger partial charge on any atom is -0.377 e. The zero-order chi connectivity index (χ0) is 26.2. The minimum absolute atomic E-state index is 0.190. The molecule has 1 aromatic carbocycles. The number of Topliss-reactive ketones (excluding diaryl/α,β-unsaturated/α-hetero) is 1. The van der Waals surface area contributed by atoms with Crippen LogP contribution < -0.4 is 0 Å². The second-order valence-corrected chi connectivity index (χ2v) is 10.8. The number of pyridine rings is 2. The molecule has 0 saturated heterocycles. The molecule has 0 radical (unpaired) electrons. The van der Waals surface area contributed by atoms with Crippen LogP contribution in [0.15, 0.2) is 61.3 Å². The van der Waals surface area contributed by atoms with Crippen LogP contribution in [0.5, 0.6) is 0 Å². The maximum Gasteiger partial charge on any atom is 0.158 e. The van der Waals surface area contributed by atoms with Gasteiger partial charge in [0, 0.05) is 60.4 Å². The molecule has 1 fully saturated rings. The number of benzene rings is 1. The predicted octanol–water partition coefficient (Wildman–Crippen LogP) is 7.06. The van der Waals surface area contributed by atoms with Crippen LogP contribution in [0.2, 0.25) is 10.0 Å². The van der Waals surface area contributed by atoms with E-state index >= 15 is 0 Å². The molecule has 1 aliphatic carbocycles. The zero-order valence-electron chi connectivity index (χ0n) is 21.0. The Kier molecular flexibility index (Phi) is 6.91.